The Morgan fingerprint density at radius 2 is 1.82 bits per heavy atom. The molecule has 3 fully saturated rings. The van der Waals surface area contributed by atoms with E-state index in [-0.39, 0.29) is 60.0 Å². The van der Waals surface area contributed by atoms with Gasteiger partial charge in [0.1, 0.15) is 18.0 Å². The molecule has 0 aromatic carbocycles. The predicted molar refractivity (Wildman–Crippen MR) is 135 cm³/mol. The fraction of sp³-hybridized carbons (Fsp3) is 0.680. The Kier molecular flexibility index (Phi) is 9.18. The first kappa shape index (κ1) is 32.1. The van der Waals surface area contributed by atoms with Gasteiger partial charge in [0.05, 0.1) is 24.4 Å². The molecule has 0 saturated heterocycles. The third-order valence-electron chi connectivity index (χ3n) is 9.37. The number of carboxylic acid groups (broad SMARTS) is 1. The van der Waals surface area contributed by atoms with Crippen LogP contribution in [0.25, 0.3) is 0 Å². The van der Waals surface area contributed by atoms with Crippen molar-refractivity contribution in [3.05, 3.63) is 23.5 Å². The van der Waals surface area contributed by atoms with E-state index in [4.69, 9.17) is 9.63 Å². The van der Waals surface area contributed by atoms with Gasteiger partial charge in [-0.3, -0.25) is 24.1 Å². The number of fused-ring (bicyclic) bond motifs is 5. The number of Topliss-reactive ketones (excluding diaryl/α,β-unsaturated/α-hetero) is 1. The molecule has 0 spiro atoms. The van der Waals surface area contributed by atoms with Crippen LogP contribution >= 0.6 is 7.82 Å². The molecule has 0 bridgehead atoms. The molecule has 0 radical (unpaired) electrons. The maximum atomic E-state index is 12.7. The van der Waals surface area contributed by atoms with Crippen LogP contribution in [0.3, 0.4) is 0 Å². The Hall–Kier alpha value is -1.37. The Bertz CT molecular complexity index is 1180. The molecule has 8 atom stereocenters. The van der Waals surface area contributed by atoms with Crippen molar-refractivity contribution in [1.82, 2.24) is 0 Å². The summed E-state index contributed by atoms with van der Waals surface area (Å²) in [6.07, 6.45) is 1.49. The molecule has 0 aromatic heterocycles. The summed E-state index contributed by atoms with van der Waals surface area (Å²) >= 11 is 0. The quantitative estimate of drug-likeness (QED) is 0.199. The Morgan fingerprint density at radius 3 is 2.44 bits per heavy atom. The van der Waals surface area contributed by atoms with Crippen LogP contribution in [0.2, 0.25) is 0 Å². The van der Waals surface area contributed by atoms with E-state index in [2.05, 4.69) is 4.52 Å². The van der Waals surface area contributed by atoms with E-state index in [0.717, 1.165) is 6.08 Å². The average Bonchev–Trinajstić information content (AvgIpc) is 3.08. The molecule has 4 aliphatic rings. The van der Waals surface area contributed by atoms with Crippen LogP contribution in [-0.4, -0.2) is 96.7 Å². The maximum absolute atomic E-state index is 12.7. The fourth-order valence-corrected chi connectivity index (χ4v) is 8.52. The summed E-state index contributed by atoms with van der Waals surface area (Å²) in [4.78, 5) is 58.0. The monoisotopic (exact) mass is 580 g/mol. The van der Waals surface area contributed by atoms with Gasteiger partial charge in [0.15, 0.2) is 11.6 Å². The second-order valence-electron chi connectivity index (χ2n) is 11.2. The van der Waals surface area contributed by atoms with Gasteiger partial charge in [-0.25, -0.2) is 4.57 Å². The molecular formula is C25H34NaO12P. The van der Waals surface area contributed by atoms with Crippen LogP contribution in [0.1, 0.15) is 58.8 Å². The van der Waals surface area contributed by atoms with E-state index in [9.17, 15) is 44.0 Å². The van der Waals surface area contributed by atoms with Crippen molar-refractivity contribution in [2.75, 3.05) is 6.61 Å². The topological polar surface area (TPSA) is 205 Å². The number of phosphoric acid groups is 1. The van der Waals surface area contributed by atoms with Crippen molar-refractivity contribution in [3.8, 4) is 0 Å². The summed E-state index contributed by atoms with van der Waals surface area (Å²) < 4.78 is 22.6. The van der Waals surface area contributed by atoms with E-state index in [1.165, 1.54) is 6.08 Å². The number of hydrogen-bond donors (Lipinski definition) is 5. The minimum absolute atomic E-state index is 0. The molecule has 4 aliphatic carbocycles. The zero-order valence-electron chi connectivity index (χ0n) is 21.2. The number of carbonyl (C=O) groups is 4. The van der Waals surface area contributed by atoms with E-state index in [1.54, 1.807) is 13.8 Å². The second kappa shape index (κ2) is 11.1. The average molecular weight is 580 g/mol. The number of ketones is 2. The van der Waals surface area contributed by atoms with Gasteiger partial charge in [-0.05, 0) is 56.9 Å². The summed E-state index contributed by atoms with van der Waals surface area (Å²) in [5, 5.41) is 41.1. The van der Waals surface area contributed by atoms with Gasteiger partial charge in [-0.1, -0.05) is 12.5 Å². The van der Waals surface area contributed by atoms with Crippen LogP contribution in [0, 0.1) is 28.6 Å². The van der Waals surface area contributed by atoms with Crippen LogP contribution < -0.4 is 0 Å². The molecule has 12 nitrogen and oxygen atoms in total. The van der Waals surface area contributed by atoms with Crippen molar-refractivity contribution < 1.29 is 58.1 Å². The van der Waals surface area contributed by atoms with Gasteiger partial charge in [0, 0.05) is 17.4 Å². The van der Waals surface area contributed by atoms with Crippen molar-refractivity contribution in [3.63, 3.8) is 0 Å². The molecule has 0 amide bonds. The number of aliphatic hydroxyl groups is 3. The number of phosphoric ester groups is 1. The molecule has 3 saturated carbocycles. The van der Waals surface area contributed by atoms with E-state index in [0.29, 0.717) is 24.8 Å². The van der Waals surface area contributed by atoms with Gasteiger partial charge < -0.3 is 29.5 Å². The summed E-state index contributed by atoms with van der Waals surface area (Å²) in [5.41, 5.74) is -3.50. The first-order valence-corrected chi connectivity index (χ1v) is 14.1. The van der Waals surface area contributed by atoms with Gasteiger partial charge >= 0.3 is 49.3 Å². The normalized spacial score (nSPS) is 38.5. The Balaban J connectivity index is 0.00000420. The van der Waals surface area contributed by atoms with Crippen LogP contribution in [0.15, 0.2) is 23.5 Å². The van der Waals surface area contributed by atoms with Gasteiger partial charge in [-0.2, -0.15) is 0 Å². The van der Waals surface area contributed by atoms with Crippen molar-refractivity contribution in [1.29, 1.82) is 0 Å². The number of aliphatic carboxylic acids is 1. The third kappa shape index (κ3) is 5.35. The SMILES string of the molecule is C[C@@]12C(=CC(=O)C=C1OP(=O)(O)OC(=O)CCC(=O)O)CC[C@@H]1[C@@H]2[C@@H](O)C[C@@]2(C)[C@H]1CC[C@]2(O)C(=O)CO.[NaH]. The molecular weight excluding hydrogens is 546 g/mol. The van der Waals surface area contributed by atoms with Crippen molar-refractivity contribution in [2.45, 2.75) is 70.5 Å². The molecule has 0 heterocycles. The number of rotatable bonds is 8. The zero-order chi connectivity index (χ0) is 28.3. The fourth-order valence-electron chi connectivity index (χ4n) is 7.64. The van der Waals surface area contributed by atoms with Crippen molar-refractivity contribution >= 4 is 60.9 Å². The number of aliphatic hydroxyl groups excluding tert-OH is 2. The Labute approximate surface area is 247 Å². The van der Waals surface area contributed by atoms with Crippen LogP contribution in [0.4, 0.5) is 0 Å². The first-order valence-electron chi connectivity index (χ1n) is 12.6. The molecule has 0 aromatic rings. The Morgan fingerprint density at radius 1 is 1.15 bits per heavy atom. The first-order chi connectivity index (χ1) is 17.6. The molecule has 5 N–H and O–H groups in total. The molecule has 39 heavy (non-hydrogen) atoms. The molecule has 14 heteroatoms. The number of carboxylic acids is 1. The van der Waals surface area contributed by atoms with Crippen LogP contribution in [-0.2, 0) is 32.8 Å². The molecule has 4 rings (SSSR count). The van der Waals surface area contributed by atoms with Crippen molar-refractivity contribution in [2.24, 2.45) is 28.6 Å². The molecule has 212 valence electrons. The molecule has 0 aliphatic heterocycles. The van der Waals surface area contributed by atoms with E-state index < -0.39 is 79.2 Å². The zero-order valence-corrected chi connectivity index (χ0v) is 22.1. The number of hydrogen-bond acceptors (Lipinski definition) is 10. The van der Waals surface area contributed by atoms with Gasteiger partial charge in [0.25, 0.3) is 0 Å². The number of allylic oxidation sites excluding steroid dienone is 3. The standard InChI is InChI=1S/C25H33O12P.Na.H/c1-23-11-17(28)22-15(16(23)7-8-25(23,33)18(29)12-26)4-3-13-9-14(27)10-19(24(13,22)2)36-38(34,35)37-21(32)6-5-20(30)31;;/h9-10,15-17,22,26,28,33H,3-8,11-12H2,1-2H3,(H,30,31)(H,34,35);;/t15-,16-,17-,22+,23-,24+,25-;;/m0../s1. The summed E-state index contributed by atoms with van der Waals surface area (Å²) in [5.74, 6) is -5.18. The summed E-state index contributed by atoms with van der Waals surface area (Å²) in [6, 6.07) is 0. The van der Waals surface area contributed by atoms with Gasteiger partial charge in [-0.15, -0.1) is 0 Å². The van der Waals surface area contributed by atoms with Gasteiger partial charge in [0.2, 0.25) is 0 Å². The predicted octanol–water partition coefficient (Wildman–Crippen LogP) is 0.762. The summed E-state index contributed by atoms with van der Waals surface area (Å²) in [7, 11) is -5.13. The minimum atomic E-state index is -5.13. The van der Waals surface area contributed by atoms with Crippen LogP contribution in [0.5, 0.6) is 0 Å². The number of carbonyl (C=O) groups excluding carboxylic acids is 3. The second-order valence-corrected chi connectivity index (χ2v) is 12.5. The van der Waals surface area contributed by atoms with E-state index >= 15 is 0 Å². The third-order valence-corrected chi connectivity index (χ3v) is 10.2. The van der Waals surface area contributed by atoms with E-state index in [1.807, 2.05) is 0 Å². The summed E-state index contributed by atoms with van der Waals surface area (Å²) in [6.45, 7) is 2.58. The molecule has 1 unspecified atom stereocenters.